The Bertz CT molecular complexity index is 733. The van der Waals surface area contributed by atoms with Crippen LogP contribution in [0.1, 0.15) is 20.9 Å². The number of ether oxygens (including phenoxy) is 1. The second kappa shape index (κ2) is 7.23. The van der Waals surface area contributed by atoms with Crippen LogP contribution in [0.2, 0.25) is 0 Å². The number of nitrogens with one attached hydrogen (secondary N) is 1. The number of aromatic nitrogens is 1. The Morgan fingerprint density at radius 1 is 1.36 bits per heavy atom. The Hall–Kier alpha value is -1.76. The van der Waals surface area contributed by atoms with Crippen LogP contribution in [0, 0.1) is 18.8 Å². The quantitative estimate of drug-likeness (QED) is 0.892. The summed E-state index contributed by atoms with van der Waals surface area (Å²) in [7, 11) is 0. The molecule has 3 atom stereocenters. The predicted molar refractivity (Wildman–Crippen MR) is 97.6 cm³/mol. The molecule has 2 aromatic rings. The summed E-state index contributed by atoms with van der Waals surface area (Å²) in [5.74, 6) is 0.897. The number of amides is 1. The molecule has 5 nitrogen and oxygen atoms in total. The highest BCUT2D eigenvalue weighted by Crippen LogP contribution is 2.34. The fraction of sp³-hybridized carbons (Fsp3) is 0.474. The van der Waals surface area contributed by atoms with E-state index in [2.05, 4.69) is 22.1 Å². The molecule has 0 spiro atoms. The zero-order valence-electron chi connectivity index (χ0n) is 14.4. The van der Waals surface area contributed by atoms with Crippen LogP contribution in [-0.2, 0) is 11.3 Å². The van der Waals surface area contributed by atoms with Crippen molar-refractivity contribution in [3.05, 3.63) is 52.0 Å². The van der Waals surface area contributed by atoms with Gasteiger partial charge in [-0.05, 0) is 19.1 Å². The van der Waals surface area contributed by atoms with Crippen molar-refractivity contribution in [2.45, 2.75) is 19.6 Å². The summed E-state index contributed by atoms with van der Waals surface area (Å²) in [5.41, 5.74) is 3.77. The van der Waals surface area contributed by atoms with Crippen LogP contribution in [0.15, 0.2) is 35.8 Å². The molecule has 0 saturated carbocycles. The number of hydrogen-bond acceptors (Lipinski definition) is 5. The van der Waals surface area contributed by atoms with Gasteiger partial charge in [0.05, 0.1) is 23.9 Å². The SMILES string of the molecule is Cc1ncsc1CN1C[C@@H]2[C@H](CNC(=O)c3ccccc3)CO[C@@H]2C1. The van der Waals surface area contributed by atoms with Gasteiger partial charge in [-0.15, -0.1) is 11.3 Å². The standard InChI is InChI=1S/C19H23N3O2S/c1-13-18(25-12-21-13)10-22-8-16-15(11-24-17(16)9-22)7-20-19(23)14-5-3-2-4-6-14/h2-6,12,15-17H,7-11H2,1H3,(H,20,23)/t15-,16-,17-/m1/s1. The Kier molecular flexibility index (Phi) is 4.83. The Morgan fingerprint density at radius 3 is 2.96 bits per heavy atom. The molecule has 1 N–H and O–H groups in total. The minimum atomic E-state index is -0.000752. The van der Waals surface area contributed by atoms with Crippen LogP contribution in [0.4, 0.5) is 0 Å². The first-order chi connectivity index (χ1) is 12.2. The first-order valence-corrected chi connectivity index (χ1v) is 9.65. The van der Waals surface area contributed by atoms with Crippen molar-refractivity contribution in [2.24, 2.45) is 11.8 Å². The highest BCUT2D eigenvalue weighted by molar-refractivity contribution is 7.09. The van der Waals surface area contributed by atoms with E-state index >= 15 is 0 Å². The lowest BCUT2D eigenvalue weighted by atomic mass is 9.93. The average molecular weight is 357 g/mol. The van der Waals surface area contributed by atoms with Gasteiger partial charge in [0.25, 0.3) is 5.91 Å². The first kappa shape index (κ1) is 16.7. The largest absolute Gasteiger partial charge is 0.376 e. The monoisotopic (exact) mass is 357 g/mol. The van der Waals surface area contributed by atoms with Gasteiger partial charge in [-0.2, -0.15) is 0 Å². The number of likely N-dealkylation sites (tertiary alicyclic amines) is 1. The lowest BCUT2D eigenvalue weighted by Crippen LogP contribution is -2.34. The van der Waals surface area contributed by atoms with Crippen LogP contribution in [0.3, 0.4) is 0 Å². The molecule has 1 aromatic heterocycles. The third-order valence-corrected chi connectivity index (χ3v) is 6.21. The molecule has 0 aliphatic carbocycles. The summed E-state index contributed by atoms with van der Waals surface area (Å²) >= 11 is 1.73. The highest BCUT2D eigenvalue weighted by atomic mass is 32.1. The van der Waals surface area contributed by atoms with Crippen LogP contribution in [-0.4, -0.2) is 48.1 Å². The molecule has 0 radical (unpaired) electrons. The van der Waals surface area contributed by atoms with Gasteiger partial charge in [0.1, 0.15) is 0 Å². The maximum atomic E-state index is 12.2. The number of benzene rings is 1. The van der Waals surface area contributed by atoms with E-state index in [9.17, 15) is 4.79 Å². The van der Waals surface area contributed by atoms with E-state index in [1.807, 2.05) is 35.8 Å². The summed E-state index contributed by atoms with van der Waals surface area (Å²) in [6.07, 6.45) is 0.298. The lowest BCUT2D eigenvalue weighted by molar-refractivity contribution is 0.0904. The van der Waals surface area contributed by atoms with Gasteiger partial charge in [-0.1, -0.05) is 18.2 Å². The van der Waals surface area contributed by atoms with Crippen molar-refractivity contribution in [1.82, 2.24) is 15.2 Å². The molecular formula is C19H23N3O2S. The van der Waals surface area contributed by atoms with Gasteiger partial charge >= 0.3 is 0 Å². The van der Waals surface area contributed by atoms with E-state index in [0.29, 0.717) is 30.0 Å². The van der Waals surface area contributed by atoms with Gasteiger partial charge in [-0.25, -0.2) is 4.98 Å². The summed E-state index contributed by atoms with van der Waals surface area (Å²) in [4.78, 5) is 20.4. The molecule has 25 heavy (non-hydrogen) atoms. The van der Waals surface area contributed by atoms with E-state index in [4.69, 9.17) is 4.74 Å². The van der Waals surface area contributed by atoms with Crippen molar-refractivity contribution in [1.29, 1.82) is 0 Å². The predicted octanol–water partition coefficient (Wildman–Crippen LogP) is 2.33. The fourth-order valence-corrected chi connectivity index (χ4v) is 4.63. The number of thiazole rings is 1. The maximum absolute atomic E-state index is 12.2. The Morgan fingerprint density at radius 2 is 2.20 bits per heavy atom. The molecule has 1 amide bonds. The lowest BCUT2D eigenvalue weighted by Gasteiger charge is -2.19. The van der Waals surface area contributed by atoms with Crippen LogP contribution >= 0.6 is 11.3 Å². The van der Waals surface area contributed by atoms with Crippen molar-refractivity contribution >= 4 is 17.2 Å². The van der Waals surface area contributed by atoms with Gasteiger partial charge in [0.15, 0.2) is 0 Å². The number of rotatable bonds is 5. The van der Waals surface area contributed by atoms with E-state index in [0.717, 1.165) is 31.9 Å². The number of carbonyl (C=O) groups excluding carboxylic acids is 1. The normalized spacial score (nSPS) is 25.9. The first-order valence-electron chi connectivity index (χ1n) is 8.77. The average Bonchev–Trinajstić information content (AvgIpc) is 3.31. The third kappa shape index (κ3) is 3.61. The molecule has 2 fully saturated rings. The maximum Gasteiger partial charge on any atom is 0.251 e. The fourth-order valence-electron chi connectivity index (χ4n) is 3.82. The van der Waals surface area contributed by atoms with Gasteiger partial charge in [-0.3, -0.25) is 9.69 Å². The zero-order valence-corrected chi connectivity index (χ0v) is 15.2. The third-order valence-electron chi connectivity index (χ3n) is 5.29. The number of fused-ring (bicyclic) bond motifs is 1. The molecule has 132 valence electrons. The molecule has 2 aliphatic heterocycles. The second-order valence-electron chi connectivity index (χ2n) is 6.93. The van der Waals surface area contributed by atoms with Crippen LogP contribution in [0.5, 0.6) is 0 Å². The zero-order chi connectivity index (χ0) is 17.2. The molecule has 0 unspecified atom stereocenters. The molecule has 3 heterocycles. The topological polar surface area (TPSA) is 54.5 Å². The Labute approximate surface area is 152 Å². The van der Waals surface area contributed by atoms with Crippen LogP contribution < -0.4 is 5.32 Å². The van der Waals surface area contributed by atoms with E-state index in [1.165, 1.54) is 4.88 Å². The van der Waals surface area contributed by atoms with Crippen molar-refractivity contribution < 1.29 is 9.53 Å². The molecule has 4 rings (SSSR count). The molecule has 2 aliphatic rings. The van der Waals surface area contributed by atoms with E-state index < -0.39 is 0 Å². The summed E-state index contributed by atoms with van der Waals surface area (Å²) in [5, 5.41) is 3.08. The van der Waals surface area contributed by atoms with Gasteiger partial charge in [0.2, 0.25) is 0 Å². The summed E-state index contributed by atoms with van der Waals surface area (Å²) < 4.78 is 6.00. The smallest absolute Gasteiger partial charge is 0.251 e. The van der Waals surface area contributed by atoms with E-state index in [1.54, 1.807) is 11.3 Å². The van der Waals surface area contributed by atoms with E-state index in [-0.39, 0.29) is 5.91 Å². The molecule has 2 saturated heterocycles. The second-order valence-corrected chi connectivity index (χ2v) is 7.87. The molecule has 6 heteroatoms. The highest BCUT2D eigenvalue weighted by Gasteiger charge is 2.43. The van der Waals surface area contributed by atoms with Crippen LogP contribution in [0.25, 0.3) is 0 Å². The molecular weight excluding hydrogens is 334 g/mol. The number of aryl methyl sites for hydroxylation is 1. The number of nitrogens with zero attached hydrogens (tertiary/aromatic N) is 2. The van der Waals surface area contributed by atoms with Crippen molar-refractivity contribution in [3.8, 4) is 0 Å². The minimum Gasteiger partial charge on any atom is -0.376 e. The molecule has 1 aromatic carbocycles. The number of hydrogen-bond donors (Lipinski definition) is 1. The minimum absolute atomic E-state index is 0.000752. The summed E-state index contributed by atoms with van der Waals surface area (Å²) in [6.45, 7) is 6.47. The Balaban J connectivity index is 1.31. The number of carbonyl (C=O) groups is 1. The van der Waals surface area contributed by atoms with Crippen molar-refractivity contribution in [3.63, 3.8) is 0 Å². The van der Waals surface area contributed by atoms with Gasteiger partial charge in [0, 0.05) is 48.5 Å². The van der Waals surface area contributed by atoms with Gasteiger partial charge < -0.3 is 10.1 Å². The summed E-state index contributed by atoms with van der Waals surface area (Å²) in [6, 6.07) is 9.39. The molecule has 0 bridgehead atoms. The van der Waals surface area contributed by atoms with Crippen molar-refractivity contribution in [2.75, 3.05) is 26.2 Å².